The fourth-order valence-corrected chi connectivity index (χ4v) is 3.78. The first-order valence-corrected chi connectivity index (χ1v) is 7.38. The van der Waals surface area contributed by atoms with E-state index in [1.807, 2.05) is 0 Å². The van der Waals surface area contributed by atoms with E-state index in [0.717, 1.165) is 31.4 Å². The molecule has 1 heterocycles. The average molecular weight is 260 g/mol. The van der Waals surface area contributed by atoms with Crippen molar-refractivity contribution >= 4 is 5.69 Å². The summed E-state index contributed by atoms with van der Waals surface area (Å²) in [5.74, 6) is 0. The van der Waals surface area contributed by atoms with Gasteiger partial charge in [-0.1, -0.05) is 25.0 Å². The van der Waals surface area contributed by atoms with Crippen LogP contribution in [0.3, 0.4) is 0 Å². The van der Waals surface area contributed by atoms with Crippen molar-refractivity contribution in [3.05, 3.63) is 29.3 Å². The van der Waals surface area contributed by atoms with Crippen LogP contribution in [0.15, 0.2) is 18.2 Å². The summed E-state index contributed by atoms with van der Waals surface area (Å²) in [6.07, 6.45) is 5.19. The van der Waals surface area contributed by atoms with Gasteiger partial charge >= 0.3 is 0 Å². The third-order valence-electron chi connectivity index (χ3n) is 5.13. The number of aliphatic hydroxyl groups excluding tert-OH is 1. The number of likely N-dealkylation sites (N-methyl/N-ethyl adjacent to an activating group) is 1. The summed E-state index contributed by atoms with van der Waals surface area (Å²) in [6, 6.07) is 6.43. The fourth-order valence-electron chi connectivity index (χ4n) is 3.78. The van der Waals surface area contributed by atoms with Crippen molar-refractivity contribution in [2.75, 3.05) is 25.0 Å². The molecule has 0 spiro atoms. The van der Waals surface area contributed by atoms with E-state index in [2.05, 4.69) is 30.1 Å². The van der Waals surface area contributed by atoms with Crippen LogP contribution >= 0.6 is 0 Å². The van der Waals surface area contributed by atoms with E-state index < -0.39 is 6.10 Å². The van der Waals surface area contributed by atoms with Gasteiger partial charge in [-0.3, -0.25) is 0 Å². The Morgan fingerprint density at radius 3 is 2.79 bits per heavy atom. The summed E-state index contributed by atoms with van der Waals surface area (Å²) in [4.78, 5) is 2.28. The highest BCUT2D eigenvalue weighted by molar-refractivity contribution is 5.58. The van der Waals surface area contributed by atoms with Gasteiger partial charge in [-0.05, 0) is 36.5 Å². The number of anilines is 1. The lowest BCUT2D eigenvalue weighted by atomic mass is 9.77. The van der Waals surface area contributed by atoms with Crippen molar-refractivity contribution < 1.29 is 5.11 Å². The van der Waals surface area contributed by atoms with Crippen molar-refractivity contribution in [3.63, 3.8) is 0 Å². The van der Waals surface area contributed by atoms with E-state index in [-0.39, 0.29) is 5.41 Å². The zero-order valence-corrected chi connectivity index (χ0v) is 11.7. The zero-order valence-electron chi connectivity index (χ0n) is 11.7. The molecule has 3 heteroatoms. The second kappa shape index (κ2) is 4.80. The Morgan fingerprint density at radius 1 is 1.37 bits per heavy atom. The van der Waals surface area contributed by atoms with Gasteiger partial charge in [0.05, 0.1) is 6.10 Å². The maximum absolute atomic E-state index is 10.8. The maximum atomic E-state index is 10.8. The largest absolute Gasteiger partial charge is 0.388 e. The second-order valence-corrected chi connectivity index (χ2v) is 6.24. The number of nitrogens with two attached hydrogens (primary N) is 1. The van der Waals surface area contributed by atoms with Crippen LogP contribution in [-0.4, -0.2) is 25.2 Å². The molecular formula is C16H24N2O. The Labute approximate surface area is 115 Å². The highest BCUT2D eigenvalue weighted by Gasteiger charge is 2.40. The molecule has 1 saturated carbocycles. The van der Waals surface area contributed by atoms with Gasteiger partial charge < -0.3 is 15.7 Å². The first-order chi connectivity index (χ1) is 9.16. The highest BCUT2D eigenvalue weighted by Crippen LogP contribution is 2.47. The standard InChI is InChI=1S/C16H24N2O/c1-18-9-6-12-10-13(4-5-14(12)18)15(19)16(11-17)7-2-3-8-16/h4-5,10,15,19H,2-3,6-9,11,17H2,1H3. The van der Waals surface area contributed by atoms with Crippen LogP contribution in [0.2, 0.25) is 0 Å². The minimum atomic E-state index is -0.406. The lowest BCUT2D eigenvalue weighted by molar-refractivity contribution is 0.0333. The van der Waals surface area contributed by atoms with Gasteiger partial charge in [0.25, 0.3) is 0 Å². The molecule has 0 bridgehead atoms. The maximum Gasteiger partial charge on any atom is 0.0858 e. The van der Waals surface area contributed by atoms with Crippen LogP contribution in [-0.2, 0) is 6.42 Å². The molecule has 0 saturated heterocycles. The van der Waals surface area contributed by atoms with Crippen molar-refractivity contribution in [2.45, 2.75) is 38.2 Å². The number of benzene rings is 1. The van der Waals surface area contributed by atoms with E-state index >= 15 is 0 Å². The molecule has 104 valence electrons. The van der Waals surface area contributed by atoms with E-state index in [0.29, 0.717) is 6.54 Å². The van der Waals surface area contributed by atoms with E-state index in [4.69, 9.17) is 5.73 Å². The smallest absolute Gasteiger partial charge is 0.0858 e. The molecule has 1 fully saturated rings. The van der Waals surface area contributed by atoms with Gasteiger partial charge in [0, 0.05) is 31.2 Å². The lowest BCUT2D eigenvalue weighted by Crippen LogP contribution is -2.34. The lowest BCUT2D eigenvalue weighted by Gasteiger charge is -2.33. The molecule has 3 N–H and O–H groups in total. The zero-order chi connectivity index (χ0) is 13.5. The Balaban J connectivity index is 1.90. The molecule has 0 amide bonds. The second-order valence-electron chi connectivity index (χ2n) is 6.24. The summed E-state index contributed by atoms with van der Waals surface area (Å²) in [5, 5.41) is 10.8. The summed E-state index contributed by atoms with van der Waals surface area (Å²) in [6.45, 7) is 1.67. The van der Waals surface area contributed by atoms with Gasteiger partial charge in [-0.15, -0.1) is 0 Å². The van der Waals surface area contributed by atoms with E-state index in [1.54, 1.807) is 0 Å². The van der Waals surface area contributed by atoms with Gasteiger partial charge in [-0.2, -0.15) is 0 Å². The molecule has 1 atom stereocenters. The summed E-state index contributed by atoms with van der Waals surface area (Å²) >= 11 is 0. The Bertz CT molecular complexity index is 466. The number of rotatable bonds is 3. The van der Waals surface area contributed by atoms with Crippen LogP contribution < -0.4 is 10.6 Å². The quantitative estimate of drug-likeness (QED) is 0.876. The molecule has 1 unspecified atom stereocenters. The number of hydrogen-bond donors (Lipinski definition) is 2. The van der Waals surface area contributed by atoms with E-state index in [9.17, 15) is 5.11 Å². The summed E-state index contributed by atoms with van der Waals surface area (Å²) in [7, 11) is 2.13. The van der Waals surface area contributed by atoms with Gasteiger partial charge in [0.2, 0.25) is 0 Å². The Hall–Kier alpha value is -1.06. The molecule has 0 aromatic heterocycles. The molecule has 1 aliphatic heterocycles. The van der Waals surface area contributed by atoms with Crippen LogP contribution in [0.5, 0.6) is 0 Å². The number of aliphatic hydroxyl groups is 1. The fraction of sp³-hybridized carbons (Fsp3) is 0.625. The molecular weight excluding hydrogens is 236 g/mol. The number of hydrogen-bond acceptors (Lipinski definition) is 3. The Morgan fingerprint density at radius 2 is 2.11 bits per heavy atom. The van der Waals surface area contributed by atoms with Gasteiger partial charge in [-0.25, -0.2) is 0 Å². The Kier molecular flexibility index (Phi) is 3.27. The summed E-state index contributed by atoms with van der Waals surface area (Å²) < 4.78 is 0. The molecule has 1 aromatic carbocycles. The van der Waals surface area contributed by atoms with Crippen molar-refractivity contribution in [1.82, 2.24) is 0 Å². The third kappa shape index (κ3) is 2.05. The van der Waals surface area contributed by atoms with Crippen molar-refractivity contribution in [2.24, 2.45) is 11.1 Å². The monoisotopic (exact) mass is 260 g/mol. The van der Waals surface area contributed by atoms with E-state index in [1.165, 1.54) is 24.1 Å². The van der Waals surface area contributed by atoms with Crippen molar-refractivity contribution in [1.29, 1.82) is 0 Å². The molecule has 1 aliphatic carbocycles. The molecule has 3 rings (SSSR count). The first kappa shape index (κ1) is 12.9. The summed E-state index contributed by atoms with van der Waals surface area (Å²) in [5.41, 5.74) is 9.62. The third-order valence-corrected chi connectivity index (χ3v) is 5.13. The predicted octanol–water partition coefficient (Wildman–Crippen LogP) is 2.23. The molecule has 0 radical (unpaired) electrons. The van der Waals surface area contributed by atoms with Crippen LogP contribution in [0.25, 0.3) is 0 Å². The minimum Gasteiger partial charge on any atom is -0.388 e. The molecule has 3 nitrogen and oxygen atoms in total. The topological polar surface area (TPSA) is 49.5 Å². The van der Waals surface area contributed by atoms with Crippen LogP contribution in [0.4, 0.5) is 5.69 Å². The van der Waals surface area contributed by atoms with Gasteiger partial charge in [0.15, 0.2) is 0 Å². The minimum absolute atomic E-state index is 0.0846. The molecule has 1 aromatic rings. The van der Waals surface area contributed by atoms with Crippen molar-refractivity contribution in [3.8, 4) is 0 Å². The SMILES string of the molecule is CN1CCc2cc(C(O)C3(CN)CCCC3)ccc21. The predicted molar refractivity (Wildman–Crippen MR) is 78.3 cm³/mol. The average Bonchev–Trinajstić information content (AvgIpc) is 3.06. The normalized spacial score (nSPS) is 22.6. The highest BCUT2D eigenvalue weighted by atomic mass is 16.3. The van der Waals surface area contributed by atoms with Crippen LogP contribution in [0, 0.1) is 5.41 Å². The molecule has 19 heavy (non-hydrogen) atoms. The number of fused-ring (bicyclic) bond motifs is 1. The first-order valence-electron chi connectivity index (χ1n) is 7.38. The number of nitrogens with zero attached hydrogens (tertiary/aromatic N) is 1. The van der Waals surface area contributed by atoms with Crippen LogP contribution in [0.1, 0.15) is 42.9 Å². The molecule has 2 aliphatic rings. The van der Waals surface area contributed by atoms with Gasteiger partial charge in [0.1, 0.15) is 0 Å².